The summed E-state index contributed by atoms with van der Waals surface area (Å²) in [5, 5.41) is 12.6. The van der Waals surface area contributed by atoms with Gasteiger partial charge in [0.15, 0.2) is 5.16 Å². The molecule has 1 heterocycles. The molecule has 116 valence electrons. The lowest BCUT2D eigenvalue weighted by Gasteiger charge is -2.16. The van der Waals surface area contributed by atoms with Crippen molar-refractivity contribution in [2.45, 2.75) is 23.9 Å². The molecule has 1 atom stereocenters. The minimum absolute atomic E-state index is 0.402. The molecule has 0 fully saturated rings. The zero-order valence-corrected chi connectivity index (χ0v) is 13.1. The molecule has 0 bridgehead atoms. The number of hydrogen-bond acceptors (Lipinski definition) is 5. The largest absolute Gasteiger partial charge is 0.341 e. The number of nitrogens with zero attached hydrogens (tertiary/aromatic N) is 3. The molecule has 8 heteroatoms. The Morgan fingerprint density at radius 1 is 1.32 bits per heavy atom. The van der Waals surface area contributed by atoms with Gasteiger partial charge >= 0.3 is 6.03 Å². The van der Waals surface area contributed by atoms with Crippen LogP contribution < -0.4 is 10.6 Å². The Hall–Kier alpha value is -2.35. The lowest BCUT2D eigenvalue weighted by atomic mass is 10.1. The van der Waals surface area contributed by atoms with E-state index in [-0.39, 0.29) is 0 Å². The zero-order valence-electron chi connectivity index (χ0n) is 12.3. The predicted octanol–water partition coefficient (Wildman–Crippen LogP) is 1.59. The van der Waals surface area contributed by atoms with Crippen LogP contribution in [0.5, 0.6) is 0 Å². The summed E-state index contributed by atoms with van der Waals surface area (Å²) >= 11 is 1.26. The highest BCUT2D eigenvalue weighted by Crippen LogP contribution is 2.34. The molecular formula is C14H17N5O2S. The van der Waals surface area contributed by atoms with Gasteiger partial charge in [0.25, 0.3) is 0 Å². The predicted molar refractivity (Wildman–Crippen MR) is 83.3 cm³/mol. The molecule has 0 spiro atoms. The Labute approximate surface area is 132 Å². The van der Waals surface area contributed by atoms with Crippen molar-refractivity contribution >= 4 is 23.7 Å². The van der Waals surface area contributed by atoms with Crippen LogP contribution >= 0.6 is 11.8 Å². The summed E-state index contributed by atoms with van der Waals surface area (Å²) in [4.78, 5) is 23.8. The molecule has 7 nitrogen and oxygen atoms in total. The van der Waals surface area contributed by atoms with Crippen LogP contribution in [0.3, 0.4) is 0 Å². The van der Waals surface area contributed by atoms with Crippen LogP contribution in [0, 0.1) is 0 Å². The lowest BCUT2D eigenvalue weighted by Crippen LogP contribution is -2.39. The SMILES string of the molecule is CCn1cnnc1S[C@H](C(=O)NC(=O)NC)c1ccccc1. The van der Waals surface area contributed by atoms with Crippen LogP contribution in [0.2, 0.25) is 0 Å². The van der Waals surface area contributed by atoms with Gasteiger partial charge in [0.2, 0.25) is 5.91 Å². The van der Waals surface area contributed by atoms with E-state index >= 15 is 0 Å². The number of carbonyl (C=O) groups is 2. The second kappa shape index (κ2) is 7.60. The minimum Gasteiger partial charge on any atom is -0.341 e. The molecule has 0 saturated carbocycles. The summed E-state index contributed by atoms with van der Waals surface area (Å²) in [6, 6.07) is 8.71. The van der Waals surface area contributed by atoms with Gasteiger partial charge in [-0.1, -0.05) is 42.1 Å². The molecule has 1 aromatic carbocycles. The van der Waals surface area contributed by atoms with Gasteiger partial charge < -0.3 is 9.88 Å². The van der Waals surface area contributed by atoms with Crippen molar-refractivity contribution in [2.75, 3.05) is 7.05 Å². The van der Waals surface area contributed by atoms with Gasteiger partial charge in [-0.25, -0.2) is 4.79 Å². The second-order valence-corrected chi connectivity index (χ2v) is 5.45. The Morgan fingerprint density at radius 2 is 2.05 bits per heavy atom. The molecule has 22 heavy (non-hydrogen) atoms. The fourth-order valence-corrected chi connectivity index (χ4v) is 2.87. The number of aromatic nitrogens is 3. The monoisotopic (exact) mass is 319 g/mol. The Balaban J connectivity index is 2.26. The van der Waals surface area contributed by atoms with Crippen molar-refractivity contribution < 1.29 is 9.59 Å². The quantitative estimate of drug-likeness (QED) is 0.817. The molecule has 2 rings (SSSR count). The van der Waals surface area contributed by atoms with Gasteiger partial charge in [-0.15, -0.1) is 10.2 Å². The van der Waals surface area contributed by atoms with E-state index in [4.69, 9.17) is 0 Å². The summed E-state index contributed by atoms with van der Waals surface area (Å²) in [5.74, 6) is -0.402. The fourth-order valence-electron chi connectivity index (χ4n) is 1.80. The van der Waals surface area contributed by atoms with Crippen molar-refractivity contribution in [3.05, 3.63) is 42.2 Å². The summed E-state index contributed by atoms with van der Waals surface area (Å²) in [5.41, 5.74) is 0.791. The molecule has 0 unspecified atom stereocenters. The number of nitrogens with one attached hydrogen (secondary N) is 2. The van der Waals surface area contributed by atoms with Crippen LogP contribution in [-0.4, -0.2) is 33.8 Å². The highest BCUT2D eigenvalue weighted by atomic mass is 32.2. The van der Waals surface area contributed by atoms with E-state index in [1.165, 1.54) is 18.8 Å². The van der Waals surface area contributed by atoms with Gasteiger partial charge in [-0.05, 0) is 12.5 Å². The summed E-state index contributed by atoms with van der Waals surface area (Å²) in [7, 11) is 1.46. The number of aryl methyl sites for hydroxylation is 1. The number of carbonyl (C=O) groups excluding carboxylic acids is 2. The molecular weight excluding hydrogens is 302 g/mol. The van der Waals surface area contributed by atoms with Gasteiger partial charge in [0.1, 0.15) is 11.6 Å². The maximum atomic E-state index is 12.4. The second-order valence-electron chi connectivity index (χ2n) is 4.38. The highest BCUT2D eigenvalue weighted by Gasteiger charge is 2.25. The molecule has 0 saturated heterocycles. The summed E-state index contributed by atoms with van der Waals surface area (Å²) < 4.78 is 1.84. The van der Waals surface area contributed by atoms with Crippen molar-refractivity contribution in [1.29, 1.82) is 0 Å². The third-order valence-corrected chi connectivity index (χ3v) is 4.20. The fraction of sp³-hybridized carbons (Fsp3) is 0.286. The summed E-state index contributed by atoms with van der Waals surface area (Å²) in [6.45, 7) is 2.67. The van der Waals surface area contributed by atoms with E-state index in [0.717, 1.165) is 5.56 Å². The molecule has 0 aliphatic carbocycles. The van der Waals surface area contributed by atoms with E-state index in [0.29, 0.717) is 11.7 Å². The zero-order chi connectivity index (χ0) is 15.9. The van der Waals surface area contributed by atoms with Crippen LogP contribution in [0.25, 0.3) is 0 Å². The normalized spacial score (nSPS) is 11.7. The standard InChI is InChI=1S/C14H17N5O2S/c1-3-19-9-16-18-14(19)22-11(10-7-5-4-6-8-10)12(20)17-13(21)15-2/h4-9,11H,3H2,1-2H3,(H2,15,17,20,21)/t11-/m0/s1. The third kappa shape index (κ3) is 3.85. The van der Waals surface area contributed by atoms with E-state index in [1.807, 2.05) is 41.8 Å². The van der Waals surface area contributed by atoms with Crippen molar-refractivity contribution in [1.82, 2.24) is 25.4 Å². The average molecular weight is 319 g/mol. The first-order valence-corrected chi connectivity index (χ1v) is 7.65. The van der Waals surface area contributed by atoms with Gasteiger partial charge in [-0.2, -0.15) is 0 Å². The first kappa shape index (κ1) is 16.0. The van der Waals surface area contributed by atoms with Crippen molar-refractivity contribution in [2.24, 2.45) is 0 Å². The first-order chi connectivity index (χ1) is 10.7. The number of benzene rings is 1. The van der Waals surface area contributed by atoms with Crippen LogP contribution in [0.1, 0.15) is 17.7 Å². The maximum Gasteiger partial charge on any atom is 0.321 e. The number of rotatable bonds is 5. The average Bonchev–Trinajstić information content (AvgIpc) is 3.00. The number of urea groups is 1. The Kier molecular flexibility index (Phi) is 5.54. The Morgan fingerprint density at radius 3 is 2.68 bits per heavy atom. The third-order valence-electron chi connectivity index (χ3n) is 2.95. The van der Waals surface area contributed by atoms with Gasteiger partial charge in [0.05, 0.1) is 0 Å². The maximum absolute atomic E-state index is 12.4. The van der Waals surface area contributed by atoms with Crippen molar-refractivity contribution in [3.8, 4) is 0 Å². The number of hydrogen-bond donors (Lipinski definition) is 2. The van der Waals surface area contributed by atoms with E-state index in [1.54, 1.807) is 6.33 Å². The highest BCUT2D eigenvalue weighted by molar-refractivity contribution is 8.00. The molecule has 0 aliphatic rings. The van der Waals surface area contributed by atoms with Crippen molar-refractivity contribution in [3.63, 3.8) is 0 Å². The smallest absolute Gasteiger partial charge is 0.321 e. The Bertz CT molecular complexity index is 644. The molecule has 0 radical (unpaired) electrons. The van der Waals surface area contributed by atoms with Gasteiger partial charge in [0, 0.05) is 13.6 Å². The molecule has 2 aromatic rings. The van der Waals surface area contributed by atoms with Gasteiger partial charge in [-0.3, -0.25) is 10.1 Å². The molecule has 2 N–H and O–H groups in total. The van der Waals surface area contributed by atoms with E-state index in [9.17, 15) is 9.59 Å². The van der Waals surface area contributed by atoms with E-state index < -0.39 is 17.2 Å². The molecule has 0 aliphatic heterocycles. The minimum atomic E-state index is -0.590. The van der Waals surface area contributed by atoms with Crippen LogP contribution in [-0.2, 0) is 11.3 Å². The molecule has 1 aromatic heterocycles. The first-order valence-electron chi connectivity index (χ1n) is 6.77. The molecule has 3 amide bonds. The summed E-state index contributed by atoms with van der Waals surface area (Å²) in [6.07, 6.45) is 1.61. The van der Waals surface area contributed by atoms with E-state index in [2.05, 4.69) is 20.8 Å². The number of amides is 3. The number of thioether (sulfide) groups is 1. The van der Waals surface area contributed by atoms with Crippen LogP contribution in [0.15, 0.2) is 41.8 Å². The van der Waals surface area contributed by atoms with Crippen LogP contribution in [0.4, 0.5) is 4.79 Å². The lowest BCUT2D eigenvalue weighted by molar-refractivity contribution is -0.119. The topological polar surface area (TPSA) is 88.9 Å². The number of imide groups is 1.